The molecular formula is C27H26ClN3O5S. The van der Waals surface area contributed by atoms with Crippen molar-refractivity contribution in [3.63, 3.8) is 0 Å². The molecule has 1 aliphatic carbocycles. The highest BCUT2D eigenvalue weighted by atomic mass is 35.5. The summed E-state index contributed by atoms with van der Waals surface area (Å²) in [5.41, 5.74) is 7.26. The monoisotopic (exact) mass is 539 g/mol. The number of hydrogen-bond donors (Lipinski definition) is 2. The first kappa shape index (κ1) is 26.2. The number of pyridine rings is 1. The zero-order valence-electron chi connectivity index (χ0n) is 20.0. The average molecular weight is 540 g/mol. The molecular weight excluding hydrogens is 514 g/mol. The number of anilines is 2. The quantitative estimate of drug-likeness (QED) is 0.302. The molecule has 192 valence electrons. The molecule has 1 aliphatic rings. The number of nitrogens with one attached hydrogen (secondary N) is 1. The lowest BCUT2D eigenvalue weighted by atomic mass is 10.1. The van der Waals surface area contributed by atoms with Crippen molar-refractivity contribution in [1.82, 2.24) is 4.98 Å². The fourth-order valence-corrected chi connectivity index (χ4v) is 5.14. The Kier molecular flexibility index (Phi) is 7.56. The molecule has 0 unspecified atom stereocenters. The second-order valence-electron chi connectivity index (χ2n) is 8.68. The van der Waals surface area contributed by atoms with E-state index in [1.165, 1.54) is 43.3 Å². The molecule has 10 heteroatoms. The summed E-state index contributed by atoms with van der Waals surface area (Å²) in [6.45, 7) is 0.648. The van der Waals surface area contributed by atoms with E-state index >= 15 is 0 Å². The van der Waals surface area contributed by atoms with Crippen LogP contribution in [0.4, 0.5) is 11.4 Å². The van der Waals surface area contributed by atoms with Crippen LogP contribution in [0.25, 0.3) is 10.9 Å². The molecule has 0 atom stereocenters. The number of ether oxygens (including phenoxy) is 2. The van der Waals surface area contributed by atoms with Crippen molar-refractivity contribution in [3.05, 3.63) is 78.5 Å². The molecule has 3 aromatic carbocycles. The summed E-state index contributed by atoms with van der Waals surface area (Å²) in [6, 6.07) is 18.2. The minimum Gasteiger partial charge on any atom is -0.497 e. The van der Waals surface area contributed by atoms with Gasteiger partial charge in [0.2, 0.25) is 9.84 Å². The van der Waals surface area contributed by atoms with E-state index in [-0.39, 0.29) is 27.8 Å². The maximum atomic E-state index is 13.4. The number of sulfone groups is 1. The van der Waals surface area contributed by atoms with Gasteiger partial charge in [0.1, 0.15) is 11.5 Å². The van der Waals surface area contributed by atoms with Crippen molar-refractivity contribution in [2.24, 2.45) is 11.7 Å². The third kappa shape index (κ3) is 5.63. The molecule has 37 heavy (non-hydrogen) atoms. The molecule has 1 fully saturated rings. The molecule has 1 aromatic heterocycles. The number of nitrogens with zero attached hydrogens (tertiary/aromatic N) is 1. The van der Waals surface area contributed by atoms with Crippen LogP contribution in [0.2, 0.25) is 0 Å². The lowest BCUT2D eigenvalue weighted by molar-refractivity contribution is 0.100. The number of aromatic nitrogens is 1. The van der Waals surface area contributed by atoms with Crippen molar-refractivity contribution in [2.45, 2.75) is 22.6 Å². The van der Waals surface area contributed by atoms with Crippen LogP contribution in [-0.4, -0.2) is 33.0 Å². The van der Waals surface area contributed by atoms with E-state index in [4.69, 9.17) is 15.2 Å². The van der Waals surface area contributed by atoms with E-state index in [9.17, 15) is 13.2 Å². The topological polar surface area (TPSA) is 121 Å². The van der Waals surface area contributed by atoms with Crippen LogP contribution in [0.1, 0.15) is 23.2 Å². The Hall–Kier alpha value is -3.82. The number of hydrogen-bond acceptors (Lipinski definition) is 7. The Balaban J connectivity index is 0.00000320. The van der Waals surface area contributed by atoms with E-state index in [2.05, 4.69) is 10.3 Å². The number of rotatable bonds is 9. The number of amides is 1. The van der Waals surface area contributed by atoms with Gasteiger partial charge in [-0.25, -0.2) is 8.42 Å². The molecule has 0 spiro atoms. The molecule has 0 aliphatic heterocycles. The fraction of sp³-hybridized carbons (Fsp3) is 0.185. The largest absolute Gasteiger partial charge is 0.497 e. The molecule has 3 N–H and O–H groups in total. The summed E-state index contributed by atoms with van der Waals surface area (Å²) in [6.07, 6.45) is 3.73. The number of carbonyl (C=O) groups excluding carboxylic acids is 1. The molecule has 0 bridgehead atoms. The van der Waals surface area contributed by atoms with Gasteiger partial charge in [-0.1, -0.05) is 6.07 Å². The molecule has 4 aromatic rings. The standard InChI is InChI=1S/C27H25N3O5S.ClH/c1-34-20-4-2-3-18(13-20)30-26-23-14-22(11-12-25(23)29-15-24(26)27(28)31)36(32,33)21-9-7-19(8-10-21)35-16-17-5-6-17;/h2-4,7-15,17H,5-6,16H2,1H3,(H2,28,31)(H,29,30);1H. The Morgan fingerprint density at radius 2 is 1.76 bits per heavy atom. The van der Waals surface area contributed by atoms with Crippen molar-refractivity contribution in [1.29, 1.82) is 0 Å². The van der Waals surface area contributed by atoms with Gasteiger partial charge in [-0.15, -0.1) is 12.4 Å². The Bertz CT molecular complexity index is 1550. The average Bonchev–Trinajstić information content (AvgIpc) is 3.72. The molecule has 0 saturated heterocycles. The second kappa shape index (κ2) is 10.7. The number of fused-ring (bicyclic) bond motifs is 1. The van der Waals surface area contributed by atoms with E-state index in [1.54, 1.807) is 49.6 Å². The Morgan fingerprint density at radius 3 is 2.43 bits per heavy atom. The van der Waals surface area contributed by atoms with E-state index in [0.29, 0.717) is 46.3 Å². The van der Waals surface area contributed by atoms with Gasteiger partial charge in [0, 0.05) is 23.3 Å². The highest BCUT2D eigenvalue weighted by Crippen LogP contribution is 2.34. The van der Waals surface area contributed by atoms with Crippen LogP contribution in [0, 0.1) is 5.92 Å². The van der Waals surface area contributed by atoms with Crippen LogP contribution in [-0.2, 0) is 9.84 Å². The van der Waals surface area contributed by atoms with Crippen LogP contribution in [0.3, 0.4) is 0 Å². The van der Waals surface area contributed by atoms with Gasteiger partial charge in [0.25, 0.3) is 5.91 Å². The molecule has 1 amide bonds. The molecule has 1 heterocycles. The maximum absolute atomic E-state index is 13.4. The number of primary amides is 1. The van der Waals surface area contributed by atoms with Crippen LogP contribution in [0.5, 0.6) is 11.5 Å². The van der Waals surface area contributed by atoms with Gasteiger partial charge in [0.05, 0.1) is 40.3 Å². The van der Waals surface area contributed by atoms with Crippen LogP contribution < -0.4 is 20.5 Å². The molecule has 8 nitrogen and oxygen atoms in total. The van der Waals surface area contributed by atoms with Crippen molar-refractivity contribution < 1.29 is 22.7 Å². The van der Waals surface area contributed by atoms with Gasteiger partial charge in [-0.2, -0.15) is 0 Å². The van der Waals surface area contributed by atoms with Crippen molar-refractivity contribution >= 4 is 50.4 Å². The van der Waals surface area contributed by atoms with Crippen molar-refractivity contribution in [3.8, 4) is 11.5 Å². The summed E-state index contributed by atoms with van der Waals surface area (Å²) in [5, 5.41) is 3.64. The predicted octanol–water partition coefficient (Wildman–Crippen LogP) is 5.13. The number of halogens is 1. The van der Waals surface area contributed by atoms with Gasteiger partial charge in [0.15, 0.2) is 0 Å². The number of nitrogens with two attached hydrogens (primary N) is 1. The predicted molar refractivity (Wildman–Crippen MR) is 144 cm³/mol. The first-order valence-electron chi connectivity index (χ1n) is 11.5. The third-order valence-electron chi connectivity index (χ3n) is 6.07. The molecule has 0 radical (unpaired) electrons. The van der Waals surface area contributed by atoms with Crippen LogP contribution in [0.15, 0.2) is 82.7 Å². The number of methoxy groups -OCH3 is 1. The maximum Gasteiger partial charge on any atom is 0.252 e. The van der Waals surface area contributed by atoms with Gasteiger partial charge >= 0.3 is 0 Å². The smallest absolute Gasteiger partial charge is 0.252 e. The first-order chi connectivity index (χ1) is 17.3. The number of carbonyl (C=O) groups is 1. The second-order valence-corrected chi connectivity index (χ2v) is 10.6. The zero-order valence-corrected chi connectivity index (χ0v) is 21.6. The molecule has 1 saturated carbocycles. The fourth-order valence-electron chi connectivity index (χ4n) is 3.86. The highest BCUT2D eigenvalue weighted by molar-refractivity contribution is 7.91. The summed E-state index contributed by atoms with van der Waals surface area (Å²) in [4.78, 5) is 16.7. The minimum atomic E-state index is -3.85. The van der Waals surface area contributed by atoms with E-state index in [1.807, 2.05) is 0 Å². The lowest BCUT2D eigenvalue weighted by Gasteiger charge is -2.15. The summed E-state index contributed by atoms with van der Waals surface area (Å²) < 4.78 is 37.9. The normalized spacial score (nSPS) is 13.0. The Morgan fingerprint density at radius 1 is 1.03 bits per heavy atom. The lowest BCUT2D eigenvalue weighted by Crippen LogP contribution is -2.14. The summed E-state index contributed by atoms with van der Waals surface area (Å²) >= 11 is 0. The van der Waals surface area contributed by atoms with Crippen LogP contribution >= 0.6 is 12.4 Å². The van der Waals surface area contributed by atoms with Gasteiger partial charge in [-0.3, -0.25) is 9.78 Å². The third-order valence-corrected chi connectivity index (χ3v) is 7.84. The first-order valence-corrected chi connectivity index (χ1v) is 12.9. The SMILES string of the molecule is COc1cccc(Nc2c(C(N)=O)cnc3ccc(S(=O)(=O)c4ccc(OCC5CC5)cc4)cc23)c1.Cl. The van der Waals surface area contributed by atoms with E-state index < -0.39 is 15.7 Å². The van der Waals surface area contributed by atoms with Gasteiger partial charge in [-0.05, 0) is 73.4 Å². The van der Waals surface area contributed by atoms with Crippen molar-refractivity contribution in [2.75, 3.05) is 19.0 Å². The summed E-state index contributed by atoms with van der Waals surface area (Å²) in [7, 11) is -2.29. The zero-order chi connectivity index (χ0) is 25.3. The minimum absolute atomic E-state index is 0. The molecule has 5 rings (SSSR count). The Labute approximate surface area is 221 Å². The summed E-state index contributed by atoms with van der Waals surface area (Å²) in [5.74, 6) is 1.17. The highest BCUT2D eigenvalue weighted by Gasteiger charge is 2.23. The van der Waals surface area contributed by atoms with Gasteiger partial charge < -0.3 is 20.5 Å². The number of benzene rings is 3. The van der Waals surface area contributed by atoms with E-state index in [0.717, 1.165) is 0 Å².